The van der Waals surface area contributed by atoms with E-state index in [1.165, 1.54) is 7.11 Å². The van der Waals surface area contributed by atoms with Crippen LogP contribution in [0.2, 0.25) is 10.0 Å². The molecule has 1 aliphatic rings. The summed E-state index contributed by atoms with van der Waals surface area (Å²) >= 11 is 11.8. The first kappa shape index (κ1) is 14.7. The summed E-state index contributed by atoms with van der Waals surface area (Å²) in [5, 5.41) is 5.95. The minimum Gasteiger partial charge on any atom is -0.466 e. The zero-order chi connectivity index (χ0) is 14.9. The number of allylic oxidation sites excluding steroid dienone is 1. The molecular weight excluding hydrogens is 303 g/mol. The van der Waals surface area contributed by atoms with Gasteiger partial charge in [0.25, 0.3) is 0 Å². The number of esters is 1. The number of ether oxygens (including phenoxy) is 1. The van der Waals surface area contributed by atoms with Crippen molar-refractivity contribution in [3.05, 3.63) is 45.1 Å². The van der Waals surface area contributed by atoms with Gasteiger partial charge < -0.3 is 15.4 Å². The number of hydrogen-bond donors (Lipinski definition) is 2. The highest BCUT2D eigenvalue weighted by molar-refractivity contribution is 6.42. The second-order valence-corrected chi connectivity index (χ2v) is 5.05. The number of halogens is 2. The predicted octanol–water partition coefficient (Wildman–Crippen LogP) is 2.79. The van der Waals surface area contributed by atoms with E-state index in [4.69, 9.17) is 27.9 Å². The standard InChI is InChI=1S/C13H12Cl2N2O3/c1-6-10(12(18)20-2)11(17-13(19)16-6)7-3-4-8(14)9(15)5-7/h3-5,11H,1-2H3,(H2,16,17,19)/t11-/m1/s1. The fourth-order valence-electron chi connectivity index (χ4n) is 2.02. The van der Waals surface area contributed by atoms with Gasteiger partial charge in [0, 0.05) is 5.70 Å². The van der Waals surface area contributed by atoms with Gasteiger partial charge in [0.1, 0.15) is 0 Å². The van der Waals surface area contributed by atoms with Crippen molar-refractivity contribution in [1.29, 1.82) is 0 Å². The van der Waals surface area contributed by atoms with Crippen molar-refractivity contribution in [2.45, 2.75) is 13.0 Å². The van der Waals surface area contributed by atoms with Gasteiger partial charge >= 0.3 is 12.0 Å². The van der Waals surface area contributed by atoms with Crippen LogP contribution >= 0.6 is 23.2 Å². The van der Waals surface area contributed by atoms with Crippen LogP contribution in [0, 0.1) is 0 Å². The minimum absolute atomic E-state index is 0.325. The predicted molar refractivity (Wildman–Crippen MR) is 75.6 cm³/mol. The van der Waals surface area contributed by atoms with Crippen LogP contribution in [-0.2, 0) is 9.53 Å². The molecule has 2 N–H and O–H groups in total. The Labute approximate surface area is 125 Å². The van der Waals surface area contributed by atoms with Gasteiger partial charge in [-0.25, -0.2) is 9.59 Å². The SMILES string of the molecule is COC(=O)C1=C(C)NC(=O)N[C@@H]1c1ccc(Cl)c(Cl)c1. The first-order valence-corrected chi connectivity index (χ1v) is 6.51. The molecule has 1 atom stereocenters. The molecule has 0 bridgehead atoms. The van der Waals surface area contributed by atoms with Crippen LogP contribution in [0.4, 0.5) is 4.79 Å². The third-order valence-electron chi connectivity index (χ3n) is 2.95. The summed E-state index contributed by atoms with van der Waals surface area (Å²) in [7, 11) is 1.28. The van der Waals surface area contributed by atoms with Gasteiger partial charge in [-0.1, -0.05) is 29.3 Å². The molecule has 0 saturated carbocycles. The molecule has 1 aromatic carbocycles. The van der Waals surface area contributed by atoms with Gasteiger partial charge in [-0.2, -0.15) is 0 Å². The Hall–Kier alpha value is -1.72. The summed E-state index contributed by atoms with van der Waals surface area (Å²) < 4.78 is 4.75. The van der Waals surface area contributed by atoms with E-state index in [1.54, 1.807) is 25.1 Å². The normalized spacial score (nSPS) is 18.4. The first-order chi connectivity index (χ1) is 9.43. The van der Waals surface area contributed by atoms with Crippen molar-refractivity contribution in [1.82, 2.24) is 10.6 Å². The number of rotatable bonds is 2. The fourth-order valence-corrected chi connectivity index (χ4v) is 2.32. The number of carbonyl (C=O) groups is 2. The highest BCUT2D eigenvalue weighted by Crippen LogP contribution is 2.31. The van der Waals surface area contributed by atoms with E-state index in [2.05, 4.69) is 10.6 Å². The lowest BCUT2D eigenvalue weighted by atomic mass is 9.95. The Bertz CT molecular complexity index is 614. The molecule has 0 unspecified atom stereocenters. The van der Waals surface area contributed by atoms with Crippen LogP contribution in [0.3, 0.4) is 0 Å². The summed E-state index contributed by atoms with van der Waals surface area (Å²) in [6.45, 7) is 1.63. The van der Waals surface area contributed by atoms with Crippen LogP contribution in [0.1, 0.15) is 18.5 Å². The van der Waals surface area contributed by atoms with Gasteiger partial charge in [0.05, 0.1) is 28.8 Å². The number of nitrogens with one attached hydrogen (secondary N) is 2. The van der Waals surface area contributed by atoms with E-state index in [1.807, 2.05) is 0 Å². The second kappa shape index (κ2) is 5.73. The largest absolute Gasteiger partial charge is 0.466 e. The Kier molecular flexibility index (Phi) is 4.20. The maximum Gasteiger partial charge on any atom is 0.337 e. The van der Waals surface area contributed by atoms with Crippen LogP contribution in [0.25, 0.3) is 0 Å². The van der Waals surface area contributed by atoms with Gasteiger partial charge in [-0.3, -0.25) is 0 Å². The van der Waals surface area contributed by atoms with Gasteiger partial charge in [-0.05, 0) is 24.6 Å². The maximum atomic E-state index is 11.9. The first-order valence-electron chi connectivity index (χ1n) is 5.75. The third-order valence-corrected chi connectivity index (χ3v) is 3.69. The molecule has 106 valence electrons. The average Bonchev–Trinajstić information content (AvgIpc) is 2.40. The van der Waals surface area contributed by atoms with Gasteiger partial charge in [-0.15, -0.1) is 0 Å². The van der Waals surface area contributed by atoms with Crippen LogP contribution in [0.15, 0.2) is 29.5 Å². The summed E-state index contributed by atoms with van der Waals surface area (Å²) in [5.41, 5.74) is 1.41. The Morgan fingerprint density at radius 1 is 1.30 bits per heavy atom. The average molecular weight is 315 g/mol. The van der Waals surface area contributed by atoms with Crippen molar-refractivity contribution >= 4 is 35.2 Å². The number of benzene rings is 1. The summed E-state index contributed by atoms with van der Waals surface area (Å²) in [5.74, 6) is -0.522. The Morgan fingerprint density at radius 3 is 2.60 bits per heavy atom. The molecule has 20 heavy (non-hydrogen) atoms. The van der Waals surface area contributed by atoms with E-state index in [0.717, 1.165) is 0 Å². The lowest BCUT2D eigenvalue weighted by Gasteiger charge is -2.28. The smallest absolute Gasteiger partial charge is 0.337 e. The Balaban J connectivity index is 2.50. The maximum absolute atomic E-state index is 11.9. The molecule has 0 aromatic heterocycles. The molecule has 0 fully saturated rings. The molecule has 0 saturated heterocycles. The quantitative estimate of drug-likeness (QED) is 0.825. The zero-order valence-electron chi connectivity index (χ0n) is 10.8. The summed E-state index contributed by atoms with van der Waals surface area (Å²) in [6, 6.07) is 3.88. The lowest BCUT2D eigenvalue weighted by Crippen LogP contribution is -2.45. The molecule has 2 amide bonds. The van der Waals surface area contributed by atoms with Crippen LogP contribution in [-0.4, -0.2) is 19.1 Å². The monoisotopic (exact) mass is 314 g/mol. The van der Waals surface area contributed by atoms with Gasteiger partial charge in [0.2, 0.25) is 0 Å². The fraction of sp³-hybridized carbons (Fsp3) is 0.231. The topological polar surface area (TPSA) is 67.4 Å². The molecule has 7 heteroatoms. The lowest BCUT2D eigenvalue weighted by molar-refractivity contribution is -0.136. The second-order valence-electron chi connectivity index (χ2n) is 4.24. The summed E-state index contributed by atoms with van der Waals surface area (Å²) in [4.78, 5) is 23.5. The minimum atomic E-state index is -0.633. The number of carbonyl (C=O) groups excluding carboxylic acids is 2. The van der Waals surface area contributed by atoms with E-state index in [0.29, 0.717) is 26.9 Å². The number of hydrogen-bond acceptors (Lipinski definition) is 3. The molecule has 5 nitrogen and oxygen atoms in total. The van der Waals surface area contributed by atoms with E-state index in [9.17, 15) is 9.59 Å². The van der Waals surface area contributed by atoms with Crippen molar-refractivity contribution < 1.29 is 14.3 Å². The van der Waals surface area contributed by atoms with E-state index in [-0.39, 0.29) is 0 Å². The van der Waals surface area contributed by atoms with E-state index >= 15 is 0 Å². The number of methoxy groups -OCH3 is 1. The summed E-state index contributed by atoms with van der Waals surface area (Å²) in [6.07, 6.45) is 0. The molecular formula is C13H12Cl2N2O3. The van der Waals surface area contributed by atoms with Gasteiger partial charge in [0.15, 0.2) is 0 Å². The highest BCUT2D eigenvalue weighted by atomic mass is 35.5. The Morgan fingerprint density at radius 2 is 2.00 bits per heavy atom. The van der Waals surface area contributed by atoms with Crippen molar-refractivity contribution in [2.75, 3.05) is 7.11 Å². The molecule has 1 aliphatic heterocycles. The number of amides is 2. The van der Waals surface area contributed by atoms with Crippen molar-refractivity contribution in [3.8, 4) is 0 Å². The number of urea groups is 1. The molecule has 1 heterocycles. The molecule has 0 spiro atoms. The van der Waals surface area contributed by atoms with Crippen molar-refractivity contribution in [3.63, 3.8) is 0 Å². The molecule has 0 aliphatic carbocycles. The molecule has 2 rings (SSSR count). The highest BCUT2D eigenvalue weighted by Gasteiger charge is 2.31. The van der Waals surface area contributed by atoms with E-state index < -0.39 is 18.0 Å². The van der Waals surface area contributed by atoms with Crippen LogP contribution < -0.4 is 10.6 Å². The van der Waals surface area contributed by atoms with Crippen molar-refractivity contribution in [2.24, 2.45) is 0 Å². The van der Waals surface area contributed by atoms with Crippen LogP contribution in [0.5, 0.6) is 0 Å². The zero-order valence-corrected chi connectivity index (χ0v) is 12.3. The molecule has 1 aromatic rings. The third kappa shape index (κ3) is 2.73. The molecule has 0 radical (unpaired) electrons.